The van der Waals surface area contributed by atoms with Gasteiger partial charge in [-0.15, -0.1) is 0 Å². The van der Waals surface area contributed by atoms with Crippen molar-refractivity contribution in [1.29, 1.82) is 0 Å². The summed E-state index contributed by atoms with van der Waals surface area (Å²) in [6, 6.07) is 9.89. The van der Waals surface area contributed by atoms with E-state index in [1.807, 2.05) is 49.1 Å². The van der Waals surface area contributed by atoms with Crippen LogP contribution < -0.4 is 5.32 Å². The number of ether oxygens (including phenoxy) is 1. The second-order valence-corrected chi connectivity index (χ2v) is 7.15. The van der Waals surface area contributed by atoms with Crippen LogP contribution in [0.5, 0.6) is 0 Å². The lowest BCUT2D eigenvalue weighted by atomic mass is 9.86. The molecular weight excluding hydrogens is 308 g/mol. The first-order chi connectivity index (χ1) is 11.4. The highest BCUT2D eigenvalue weighted by atomic mass is 16.6. The Morgan fingerprint density at radius 2 is 1.83 bits per heavy atom. The zero-order chi connectivity index (χ0) is 17.3. The number of carbonyl (C=O) groups excluding carboxylic acids is 1. The van der Waals surface area contributed by atoms with Crippen molar-refractivity contribution in [3.05, 3.63) is 35.9 Å². The number of carboxylic acid groups (broad SMARTS) is 1. The Balaban J connectivity index is 1.78. The summed E-state index contributed by atoms with van der Waals surface area (Å²) in [6.07, 6.45) is 1.77. The van der Waals surface area contributed by atoms with Gasteiger partial charge < -0.3 is 15.2 Å². The molecule has 130 valence electrons. The highest BCUT2D eigenvalue weighted by Gasteiger charge is 2.51. The van der Waals surface area contributed by atoms with Crippen molar-refractivity contribution in [3.63, 3.8) is 0 Å². The lowest BCUT2D eigenvalue weighted by Gasteiger charge is -2.38. The largest absolute Gasteiger partial charge is 0.465 e. The fraction of sp³-hybridized carbons (Fsp3) is 0.556. The Morgan fingerprint density at radius 1 is 1.21 bits per heavy atom. The molecule has 3 rings (SSSR count). The maximum Gasteiger partial charge on any atom is 0.411 e. The molecule has 6 heteroatoms. The zero-order valence-corrected chi connectivity index (χ0v) is 14.1. The highest BCUT2D eigenvalue weighted by molar-refractivity contribution is 5.72. The molecule has 1 aliphatic heterocycles. The Bertz CT molecular complexity index is 609. The van der Waals surface area contributed by atoms with Crippen molar-refractivity contribution in [2.75, 3.05) is 0 Å². The summed E-state index contributed by atoms with van der Waals surface area (Å²) in [5.74, 6) is 0. The fourth-order valence-corrected chi connectivity index (χ4v) is 4.00. The van der Waals surface area contributed by atoms with E-state index in [1.54, 1.807) is 0 Å². The molecule has 24 heavy (non-hydrogen) atoms. The average Bonchev–Trinajstić information content (AvgIpc) is 2.77. The molecule has 2 fully saturated rings. The van der Waals surface area contributed by atoms with Crippen LogP contribution in [0.1, 0.15) is 51.1 Å². The predicted molar refractivity (Wildman–Crippen MR) is 88.8 cm³/mol. The monoisotopic (exact) mass is 332 g/mol. The van der Waals surface area contributed by atoms with Crippen LogP contribution in [0.3, 0.4) is 0 Å². The highest BCUT2D eigenvalue weighted by Crippen LogP contribution is 2.44. The van der Waals surface area contributed by atoms with Gasteiger partial charge in [0.15, 0.2) is 0 Å². The number of benzene rings is 1. The Labute approximate surface area is 141 Å². The van der Waals surface area contributed by atoms with E-state index in [0.29, 0.717) is 0 Å². The maximum atomic E-state index is 12.5. The Kier molecular flexibility index (Phi) is 4.39. The van der Waals surface area contributed by atoms with Gasteiger partial charge in [-0.05, 0) is 45.1 Å². The van der Waals surface area contributed by atoms with Gasteiger partial charge in [0, 0.05) is 12.1 Å². The van der Waals surface area contributed by atoms with Crippen molar-refractivity contribution < 1.29 is 19.4 Å². The summed E-state index contributed by atoms with van der Waals surface area (Å²) in [4.78, 5) is 25.2. The smallest absolute Gasteiger partial charge is 0.411 e. The van der Waals surface area contributed by atoms with Gasteiger partial charge in [0.25, 0.3) is 0 Å². The molecule has 0 unspecified atom stereocenters. The zero-order valence-electron chi connectivity index (χ0n) is 14.1. The first-order valence-corrected chi connectivity index (χ1v) is 8.44. The van der Waals surface area contributed by atoms with E-state index in [9.17, 15) is 9.59 Å². The first-order valence-electron chi connectivity index (χ1n) is 8.44. The minimum absolute atomic E-state index is 0.0273. The van der Waals surface area contributed by atoms with Crippen LogP contribution >= 0.6 is 0 Å². The topological polar surface area (TPSA) is 78.9 Å². The molecule has 0 radical (unpaired) electrons. The molecule has 1 atom stereocenters. The Morgan fingerprint density at radius 3 is 2.42 bits per heavy atom. The molecule has 1 aromatic rings. The number of amides is 2. The van der Waals surface area contributed by atoms with E-state index >= 15 is 0 Å². The molecule has 2 aliphatic rings. The van der Waals surface area contributed by atoms with Gasteiger partial charge >= 0.3 is 12.2 Å². The van der Waals surface area contributed by atoms with Gasteiger partial charge in [-0.3, -0.25) is 4.90 Å². The number of rotatable bonds is 3. The number of hydrogen-bond acceptors (Lipinski definition) is 3. The SMILES string of the molecule is CC1(C)OC(=O)N(C2CCC(NC(=O)O)CC2)[C@H]1c1ccccc1. The molecule has 2 amide bonds. The summed E-state index contributed by atoms with van der Waals surface area (Å²) in [5, 5.41) is 11.4. The lowest BCUT2D eigenvalue weighted by Crippen LogP contribution is -2.46. The molecule has 0 spiro atoms. The minimum Gasteiger partial charge on any atom is -0.465 e. The summed E-state index contributed by atoms with van der Waals surface area (Å²) in [5.41, 5.74) is 0.480. The fourth-order valence-electron chi connectivity index (χ4n) is 4.00. The van der Waals surface area contributed by atoms with Crippen LogP contribution in [-0.4, -0.2) is 39.9 Å². The summed E-state index contributed by atoms with van der Waals surface area (Å²) < 4.78 is 5.65. The van der Waals surface area contributed by atoms with Crippen molar-refractivity contribution in [1.82, 2.24) is 10.2 Å². The van der Waals surface area contributed by atoms with Crippen LogP contribution in [0.15, 0.2) is 30.3 Å². The van der Waals surface area contributed by atoms with Crippen molar-refractivity contribution >= 4 is 12.2 Å². The van der Waals surface area contributed by atoms with E-state index in [0.717, 1.165) is 31.2 Å². The molecule has 0 aromatic heterocycles. The third kappa shape index (κ3) is 3.18. The number of nitrogens with one attached hydrogen (secondary N) is 1. The van der Waals surface area contributed by atoms with Gasteiger partial charge in [-0.1, -0.05) is 30.3 Å². The van der Waals surface area contributed by atoms with E-state index < -0.39 is 11.7 Å². The molecular formula is C18H24N2O4. The normalized spacial score (nSPS) is 29.2. The van der Waals surface area contributed by atoms with E-state index in [2.05, 4.69) is 5.32 Å². The molecule has 0 bridgehead atoms. The minimum atomic E-state index is -0.984. The molecule has 1 saturated carbocycles. The van der Waals surface area contributed by atoms with E-state index in [1.165, 1.54) is 0 Å². The molecule has 6 nitrogen and oxygen atoms in total. The standard InChI is InChI=1S/C18H24N2O4/c1-18(2)15(12-6-4-3-5-7-12)20(17(23)24-18)14-10-8-13(9-11-14)19-16(21)22/h3-7,13-15,19H,8-11H2,1-2H3,(H,21,22)/t13?,14?,15-/m0/s1. The second kappa shape index (κ2) is 6.34. The average molecular weight is 332 g/mol. The van der Waals surface area contributed by atoms with Gasteiger partial charge in [-0.2, -0.15) is 0 Å². The lowest BCUT2D eigenvalue weighted by molar-refractivity contribution is 0.0663. The quantitative estimate of drug-likeness (QED) is 0.887. The number of hydrogen-bond donors (Lipinski definition) is 2. The number of cyclic esters (lactones) is 1. The van der Waals surface area contributed by atoms with Gasteiger partial charge in [0.05, 0.1) is 6.04 Å². The Hall–Kier alpha value is -2.24. The van der Waals surface area contributed by atoms with Crippen LogP contribution in [0.2, 0.25) is 0 Å². The van der Waals surface area contributed by atoms with Crippen LogP contribution in [0.4, 0.5) is 9.59 Å². The van der Waals surface area contributed by atoms with Crippen LogP contribution in [-0.2, 0) is 4.74 Å². The molecule has 1 heterocycles. The third-order valence-electron chi connectivity index (χ3n) is 5.03. The first kappa shape index (κ1) is 16.6. The molecule has 1 aromatic carbocycles. The number of nitrogens with zero attached hydrogens (tertiary/aromatic N) is 1. The van der Waals surface area contributed by atoms with Crippen molar-refractivity contribution in [2.45, 2.75) is 63.3 Å². The maximum absolute atomic E-state index is 12.5. The summed E-state index contributed by atoms with van der Waals surface area (Å²) in [6.45, 7) is 3.89. The third-order valence-corrected chi connectivity index (χ3v) is 5.03. The molecule has 1 aliphatic carbocycles. The molecule has 1 saturated heterocycles. The molecule has 2 N–H and O–H groups in total. The van der Waals surface area contributed by atoms with Crippen LogP contribution in [0.25, 0.3) is 0 Å². The summed E-state index contributed by atoms with van der Waals surface area (Å²) in [7, 11) is 0. The van der Waals surface area contributed by atoms with Gasteiger partial charge in [0.2, 0.25) is 0 Å². The van der Waals surface area contributed by atoms with E-state index in [4.69, 9.17) is 9.84 Å². The number of carbonyl (C=O) groups is 2. The van der Waals surface area contributed by atoms with Crippen LogP contribution in [0, 0.1) is 0 Å². The second-order valence-electron chi connectivity index (χ2n) is 7.15. The predicted octanol–water partition coefficient (Wildman–Crippen LogP) is 3.54. The van der Waals surface area contributed by atoms with Gasteiger partial charge in [0.1, 0.15) is 5.60 Å². The summed E-state index contributed by atoms with van der Waals surface area (Å²) >= 11 is 0. The van der Waals surface area contributed by atoms with Crippen molar-refractivity contribution in [2.24, 2.45) is 0 Å². The van der Waals surface area contributed by atoms with Gasteiger partial charge in [-0.25, -0.2) is 9.59 Å². The van der Waals surface area contributed by atoms with E-state index in [-0.39, 0.29) is 24.2 Å². The van der Waals surface area contributed by atoms with Crippen molar-refractivity contribution in [3.8, 4) is 0 Å².